The monoisotopic (exact) mass is 342 g/mol. The van der Waals surface area contributed by atoms with E-state index in [1.54, 1.807) is 36.7 Å². The number of para-hydroxylation sites is 1. The van der Waals surface area contributed by atoms with Crippen LogP contribution >= 0.6 is 0 Å². The minimum Gasteiger partial charge on any atom is -0.423 e. The fourth-order valence-electron chi connectivity index (χ4n) is 2.50. The molecule has 0 aliphatic heterocycles. The smallest absolute Gasteiger partial charge is 0.343 e. The van der Waals surface area contributed by atoms with Crippen molar-refractivity contribution in [2.24, 2.45) is 0 Å². The van der Waals surface area contributed by atoms with Crippen molar-refractivity contribution in [3.8, 4) is 5.75 Å². The van der Waals surface area contributed by atoms with Crippen LogP contribution in [0.5, 0.6) is 5.75 Å². The van der Waals surface area contributed by atoms with Gasteiger partial charge in [-0.3, -0.25) is 4.98 Å². The van der Waals surface area contributed by atoms with Gasteiger partial charge in [-0.1, -0.05) is 12.1 Å². The molecule has 2 heterocycles. The van der Waals surface area contributed by atoms with E-state index in [1.807, 2.05) is 36.4 Å². The van der Waals surface area contributed by atoms with Crippen molar-refractivity contribution in [1.82, 2.24) is 15.0 Å². The Balaban J connectivity index is 1.50. The van der Waals surface area contributed by atoms with Crippen LogP contribution in [0.4, 0.5) is 11.5 Å². The summed E-state index contributed by atoms with van der Waals surface area (Å²) in [6.45, 7) is 0. The Labute approximate surface area is 149 Å². The number of nitrogens with one attached hydrogen (secondary N) is 1. The molecule has 2 aromatic heterocycles. The van der Waals surface area contributed by atoms with E-state index in [1.165, 1.54) is 6.33 Å². The molecule has 1 N–H and O–H groups in total. The minimum absolute atomic E-state index is 0.421. The average molecular weight is 342 g/mol. The molecule has 0 saturated carbocycles. The number of carbonyl (C=O) groups excluding carboxylic acids is 1. The van der Waals surface area contributed by atoms with E-state index in [0.717, 1.165) is 22.4 Å². The molecule has 6 heteroatoms. The number of rotatable bonds is 4. The van der Waals surface area contributed by atoms with E-state index in [2.05, 4.69) is 20.3 Å². The number of hydrogen-bond acceptors (Lipinski definition) is 6. The van der Waals surface area contributed by atoms with Gasteiger partial charge in [0.25, 0.3) is 0 Å². The highest BCUT2D eigenvalue weighted by Gasteiger charge is 2.08. The number of carbonyl (C=O) groups is 1. The van der Waals surface area contributed by atoms with Crippen LogP contribution in [0, 0.1) is 0 Å². The molecule has 0 bridgehead atoms. The molecule has 126 valence electrons. The quantitative estimate of drug-likeness (QED) is 0.446. The van der Waals surface area contributed by atoms with Gasteiger partial charge >= 0.3 is 5.97 Å². The van der Waals surface area contributed by atoms with Gasteiger partial charge in [-0.15, -0.1) is 0 Å². The minimum atomic E-state index is -0.421. The molecular weight excluding hydrogens is 328 g/mol. The summed E-state index contributed by atoms with van der Waals surface area (Å²) < 4.78 is 5.36. The number of esters is 1. The van der Waals surface area contributed by atoms with Crippen molar-refractivity contribution >= 4 is 28.4 Å². The molecule has 26 heavy (non-hydrogen) atoms. The number of nitrogens with zero attached hydrogens (tertiary/aromatic N) is 3. The van der Waals surface area contributed by atoms with Crippen molar-refractivity contribution in [3.63, 3.8) is 0 Å². The maximum atomic E-state index is 12.1. The van der Waals surface area contributed by atoms with Crippen LogP contribution in [-0.4, -0.2) is 20.9 Å². The van der Waals surface area contributed by atoms with Gasteiger partial charge in [-0.05, 0) is 48.5 Å². The zero-order valence-electron chi connectivity index (χ0n) is 13.7. The van der Waals surface area contributed by atoms with Crippen LogP contribution < -0.4 is 10.1 Å². The Morgan fingerprint density at radius 3 is 2.46 bits per heavy atom. The van der Waals surface area contributed by atoms with Crippen molar-refractivity contribution in [3.05, 3.63) is 84.9 Å². The number of pyridine rings is 1. The van der Waals surface area contributed by atoms with Crippen LogP contribution in [0.2, 0.25) is 0 Å². The molecule has 0 aliphatic rings. The lowest BCUT2D eigenvalue weighted by Crippen LogP contribution is -2.08. The largest absolute Gasteiger partial charge is 0.423 e. The fourth-order valence-corrected chi connectivity index (χ4v) is 2.50. The van der Waals surface area contributed by atoms with Gasteiger partial charge in [0.1, 0.15) is 17.9 Å². The van der Waals surface area contributed by atoms with Gasteiger partial charge < -0.3 is 10.1 Å². The lowest BCUT2D eigenvalue weighted by atomic mass is 10.2. The molecule has 4 aromatic rings. The van der Waals surface area contributed by atoms with E-state index >= 15 is 0 Å². The Morgan fingerprint density at radius 2 is 1.65 bits per heavy atom. The van der Waals surface area contributed by atoms with Gasteiger partial charge in [-0.25, -0.2) is 14.8 Å². The number of benzene rings is 2. The molecule has 0 unspecified atom stereocenters. The maximum Gasteiger partial charge on any atom is 0.343 e. The summed E-state index contributed by atoms with van der Waals surface area (Å²) in [5, 5.41) is 4.19. The van der Waals surface area contributed by atoms with Crippen molar-refractivity contribution in [1.29, 1.82) is 0 Å². The van der Waals surface area contributed by atoms with Crippen LogP contribution in [0.25, 0.3) is 10.9 Å². The normalized spacial score (nSPS) is 10.5. The lowest BCUT2D eigenvalue weighted by Gasteiger charge is -2.09. The van der Waals surface area contributed by atoms with Crippen LogP contribution in [0.3, 0.4) is 0 Å². The molecule has 6 nitrogen and oxygen atoms in total. The summed E-state index contributed by atoms with van der Waals surface area (Å²) in [6.07, 6.45) is 4.63. The second-order valence-corrected chi connectivity index (χ2v) is 5.51. The van der Waals surface area contributed by atoms with Crippen molar-refractivity contribution in [2.75, 3.05) is 5.32 Å². The first-order chi connectivity index (χ1) is 12.8. The molecule has 4 rings (SSSR count). The van der Waals surface area contributed by atoms with E-state index in [4.69, 9.17) is 4.74 Å². The van der Waals surface area contributed by atoms with Crippen LogP contribution in [0.15, 0.2) is 79.4 Å². The third-order valence-electron chi connectivity index (χ3n) is 3.79. The molecule has 0 fully saturated rings. The van der Waals surface area contributed by atoms with Crippen LogP contribution in [0.1, 0.15) is 10.4 Å². The van der Waals surface area contributed by atoms with Crippen LogP contribution in [-0.2, 0) is 0 Å². The van der Waals surface area contributed by atoms with Gasteiger partial charge in [0.05, 0.1) is 11.1 Å². The summed E-state index contributed by atoms with van der Waals surface area (Å²) in [5.41, 5.74) is 2.15. The van der Waals surface area contributed by atoms with Gasteiger partial charge in [0.15, 0.2) is 0 Å². The first kappa shape index (κ1) is 15.7. The highest BCUT2D eigenvalue weighted by atomic mass is 16.5. The number of ether oxygens (including phenoxy) is 1. The van der Waals surface area contributed by atoms with E-state index in [0.29, 0.717) is 11.3 Å². The first-order valence-corrected chi connectivity index (χ1v) is 7.99. The number of hydrogen-bond donors (Lipinski definition) is 1. The average Bonchev–Trinajstić information content (AvgIpc) is 2.70. The summed E-state index contributed by atoms with van der Waals surface area (Å²) in [6, 6.07) is 18.1. The molecule has 0 atom stereocenters. The predicted octanol–water partition coefficient (Wildman–Crippen LogP) is 3.99. The third kappa shape index (κ3) is 3.34. The van der Waals surface area contributed by atoms with E-state index in [9.17, 15) is 4.79 Å². The van der Waals surface area contributed by atoms with Crippen molar-refractivity contribution < 1.29 is 9.53 Å². The SMILES string of the molecule is O=C(Oc1ccc(Nc2ncnc3ccccc23)cc1)c1ccncc1. The molecule has 0 spiro atoms. The fraction of sp³-hybridized carbons (Fsp3) is 0. The lowest BCUT2D eigenvalue weighted by molar-refractivity contribution is 0.0734. The zero-order chi connectivity index (χ0) is 17.8. The molecule has 2 aromatic carbocycles. The first-order valence-electron chi connectivity index (χ1n) is 7.99. The van der Waals surface area contributed by atoms with Gasteiger partial charge in [0.2, 0.25) is 0 Å². The standard InChI is InChI=1S/C20H14N4O2/c25-20(14-9-11-21-12-10-14)26-16-7-5-15(6-8-16)24-19-17-3-1-2-4-18(17)22-13-23-19/h1-13H,(H,22,23,24). The second-order valence-electron chi connectivity index (χ2n) is 5.51. The number of aromatic nitrogens is 3. The molecule has 0 amide bonds. The third-order valence-corrected chi connectivity index (χ3v) is 3.79. The number of fused-ring (bicyclic) bond motifs is 1. The Bertz CT molecular complexity index is 1040. The predicted molar refractivity (Wildman–Crippen MR) is 98.5 cm³/mol. The van der Waals surface area contributed by atoms with E-state index in [-0.39, 0.29) is 0 Å². The summed E-state index contributed by atoms with van der Waals surface area (Å²) in [4.78, 5) is 24.5. The Kier molecular flexibility index (Phi) is 4.22. The summed E-state index contributed by atoms with van der Waals surface area (Å²) >= 11 is 0. The Morgan fingerprint density at radius 1 is 0.885 bits per heavy atom. The number of anilines is 2. The zero-order valence-corrected chi connectivity index (χ0v) is 13.7. The summed E-state index contributed by atoms with van der Waals surface area (Å²) in [5.74, 6) is 0.761. The van der Waals surface area contributed by atoms with Gasteiger partial charge in [-0.2, -0.15) is 0 Å². The Hall–Kier alpha value is -3.80. The molecule has 0 saturated heterocycles. The molecular formula is C20H14N4O2. The van der Waals surface area contributed by atoms with Gasteiger partial charge in [0, 0.05) is 23.5 Å². The van der Waals surface area contributed by atoms with Crippen molar-refractivity contribution in [2.45, 2.75) is 0 Å². The van der Waals surface area contributed by atoms with E-state index < -0.39 is 5.97 Å². The summed E-state index contributed by atoms with van der Waals surface area (Å²) in [7, 11) is 0. The maximum absolute atomic E-state index is 12.1. The molecule has 0 aliphatic carbocycles. The second kappa shape index (κ2) is 6.98. The highest BCUT2D eigenvalue weighted by Crippen LogP contribution is 2.24. The topological polar surface area (TPSA) is 77.0 Å². The highest BCUT2D eigenvalue weighted by molar-refractivity contribution is 5.91. The molecule has 0 radical (unpaired) electrons.